The third-order valence-electron chi connectivity index (χ3n) is 5.41. The highest BCUT2D eigenvalue weighted by atomic mass is 15.1. The summed E-state index contributed by atoms with van der Waals surface area (Å²) in [5.41, 5.74) is 11.1. The van der Waals surface area contributed by atoms with E-state index in [0.717, 1.165) is 36.2 Å². The number of hydrogen-bond donors (Lipinski definition) is 3. The Labute approximate surface area is 163 Å². The van der Waals surface area contributed by atoms with Crippen LogP contribution in [0.25, 0.3) is 11.0 Å². The van der Waals surface area contributed by atoms with Crippen LogP contribution in [0.5, 0.6) is 0 Å². The van der Waals surface area contributed by atoms with E-state index >= 15 is 0 Å². The minimum atomic E-state index is -0.138. The van der Waals surface area contributed by atoms with Crippen molar-refractivity contribution < 1.29 is 0 Å². The minimum Gasteiger partial charge on any atom is -0.368 e. The summed E-state index contributed by atoms with van der Waals surface area (Å²) in [7, 11) is 2.04. The second-order valence-electron chi connectivity index (χ2n) is 7.35. The van der Waals surface area contributed by atoms with Gasteiger partial charge in [0.15, 0.2) is 0 Å². The summed E-state index contributed by atoms with van der Waals surface area (Å²) in [6.45, 7) is 5.76. The van der Waals surface area contributed by atoms with Gasteiger partial charge in [0.1, 0.15) is 17.5 Å². The smallest absolute Gasteiger partial charge is 0.222 e. The highest BCUT2D eigenvalue weighted by Crippen LogP contribution is 2.33. The van der Waals surface area contributed by atoms with Crippen molar-refractivity contribution in [2.75, 3.05) is 24.1 Å². The second kappa shape index (κ2) is 7.09. The molecule has 1 fully saturated rings. The second-order valence-corrected chi connectivity index (χ2v) is 7.35. The van der Waals surface area contributed by atoms with E-state index in [1.807, 2.05) is 26.2 Å². The molecule has 0 radical (unpaired) electrons. The number of nitrogen functional groups attached to an aromatic ring is 1. The fourth-order valence-electron chi connectivity index (χ4n) is 3.91. The fourth-order valence-corrected chi connectivity index (χ4v) is 3.91. The Bertz CT molecular complexity index is 1070. The Morgan fingerprint density at radius 1 is 1.39 bits per heavy atom. The van der Waals surface area contributed by atoms with Gasteiger partial charge < -0.3 is 20.9 Å². The summed E-state index contributed by atoms with van der Waals surface area (Å²) in [6.07, 6.45) is 3.11. The Morgan fingerprint density at radius 3 is 2.93 bits per heavy atom. The van der Waals surface area contributed by atoms with Crippen molar-refractivity contribution in [2.24, 2.45) is 7.05 Å². The molecule has 3 aromatic heterocycles. The van der Waals surface area contributed by atoms with Crippen LogP contribution in [0.3, 0.4) is 0 Å². The fraction of sp³-hybridized carbons (Fsp3) is 0.400. The van der Waals surface area contributed by atoms with Crippen LogP contribution in [0.15, 0.2) is 18.3 Å². The van der Waals surface area contributed by atoms with Crippen molar-refractivity contribution in [3.63, 3.8) is 0 Å². The largest absolute Gasteiger partial charge is 0.368 e. The maximum Gasteiger partial charge on any atom is 0.222 e. The van der Waals surface area contributed by atoms with Crippen molar-refractivity contribution in [2.45, 2.75) is 32.2 Å². The third-order valence-corrected chi connectivity index (χ3v) is 5.41. The average molecular weight is 376 g/mol. The molecule has 0 aromatic carbocycles. The zero-order chi connectivity index (χ0) is 19.8. The Hall–Kier alpha value is -3.18. The molecule has 2 atom stereocenters. The Morgan fingerprint density at radius 2 is 2.21 bits per heavy atom. The van der Waals surface area contributed by atoms with Gasteiger partial charge in [0.2, 0.25) is 5.95 Å². The predicted molar refractivity (Wildman–Crippen MR) is 109 cm³/mol. The normalized spacial score (nSPS) is 17.6. The molecule has 3 aromatic rings. The van der Waals surface area contributed by atoms with Gasteiger partial charge in [-0.1, -0.05) is 0 Å². The van der Waals surface area contributed by atoms with Crippen molar-refractivity contribution in [1.82, 2.24) is 24.8 Å². The first-order valence-electron chi connectivity index (χ1n) is 9.45. The summed E-state index contributed by atoms with van der Waals surface area (Å²) in [5.74, 6) is 1.02. The molecule has 0 aliphatic carbocycles. The minimum absolute atomic E-state index is 0.138. The molecule has 4 N–H and O–H groups in total. The molecule has 28 heavy (non-hydrogen) atoms. The van der Waals surface area contributed by atoms with Crippen LogP contribution in [-0.4, -0.2) is 32.6 Å². The molecule has 0 spiro atoms. The van der Waals surface area contributed by atoms with Crippen molar-refractivity contribution in [3.8, 4) is 6.07 Å². The number of nitrogens with one attached hydrogen (secondary N) is 2. The summed E-state index contributed by atoms with van der Waals surface area (Å²) >= 11 is 0. The molecule has 0 saturated carbocycles. The number of nitrogens with two attached hydrogens (primary N) is 1. The average Bonchev–Trinajstić information content (AvgIpc) is 3.30. The first-order valence-corrected chi connectivity index (χ1v) is 9.45. The van der Waals surface area contributed by atoms with Crippen LogP contribution in [0.4, 0.5) is 11.8 Å². The van der Waals surface area contributed by atoms with Gasteiger partial charge in [-0.05, 0) is 50.4 Å². The number of anilines is 2. The lowest BCUT2D eigenvalue weighted by molar-refractivity contribution is 0.719. The number of fused-ring (bicyclic) bond motifs is 1. The van der Waals surface area contributed by atoms with Crippen LogP contribution in [0, 0.1) is 18.3 Å². The van der Waals surface area contributed by atoms with E-state index < -0.39 is 0 Å². The molecule has 0 amide bonds. The molecule has 0 unspecified atom stereocenters. The number of aromatic nitrogens is 4. The van der Waals surface area contributed by atoms with Gasteiger partial charge in [-0.15, -0.1) is 0 Å². The van der Waals surface area contributed by atoms with Crippen molar-refractivity contribution >= 4 is 22.8 Å². The number of aryl methyl sites for hydroxylation is 2. The van der Waals surface area contributed by atoms with E-state index in [1.54, 1.807) is 6.92 Å². The monoisotopic (exact) mass is 376 g/mol. The van der Waals surface area contributed by atoms with Gasteiger partial charge in [-0.25, -0.2) is 9.97 Å². The zero-order valence-corrected chi connectivity index (χ0v) is 16.3. The third kappa shape index (κ3) is 3.14. The topological polar surface area (TPSA) is 117 Å². The van der Waals surface area contributed by atoms with Gasteiger partial charge in [-0.3, -0.25) is 0 Å². The molecule has 144 valence electrons. The van der Waals surface area contributed by atoms with E-state index in [4.69, 9.17) is 10.7 Å². The summed E-state index contributed by atoms with van der Waals surface area (Å²) < 4.78 is 2.10. The molecule has 4 heterocycles. The summed E-state index contributed by atoms with van der Waals surface area (Å²) in [4.78, 5) is 13.3. The van der Waals surface area contributed by atoms with Gasteiger partial charge in [0.05, 0.1) is 28.5 Å². The molecule has 1 aliphatic heterocycles. The maximum atomic E-state index is 9.51. The molecule has 8 heteroatoms. The summed E-state index contributed by atoms with van der Waals surface area (Å²) in [6, 6.07) is 6.31. The highest BCUT2D eigenvalue weighted by Gasteiger charge is 2.25. The number of rotatable bonds is 4. The molecule has 4 rings (SSSR count). The first-order chi connectivity index (χ1) is 13.5. The summed E-state index contributed by atoms with van der Waals surface area (Å²) in [5, 5.41) is 16.3. The Kier molecular flexibility index (Phi) is 4.61. The van der Waals surface area contributed by atoms with Gasteiger partial charge in [0.25, 0.3) is 0 Å². The highest BCUT2D eigenvalue weighted by molar-refractivity contribution is 5.77. The lowest BCUT2D eigenvalue weighted by Gasteiger charge is -2.22. The van der Waals surface area contributed by atoms with Gasteiger partial charge in [-0.2, -0.15) is 10.2 Å². The van der Waals surface area contributed by atoms with E-state index in [9.17, 15) is 5.26 Å². The lowest BCUT2D eigenvalue weighted by atomic mass is 9.93. The van der Waals surface area contributed by atoms with Crippen LogP contribution < -0.4 is 16.4 Å². The zero-order valence-electron chi connectivity index (χ0n) is 16.3. The SMILES string of the molecule is Cc1nc(N)nc(N[C@@H](C)c2nc3ccn(C)c3cc2[C@H]2CCNC2)c1C#N. The van der Waals surface area contributed by atoms with E-state index in [1.165, 1.54) is 5.56 Å². The van der Waals surface area contributed by atoms with Crippen molar-refractivity contribution in [3.05, 3.63) is 40.8 Å². The van der Waals surface area contributed by atoms with Crippen molar-refractivity contribution in [1.29, 1.82) is 5.26 Å². The number of nitriles is 1. The molecular weight excluding hydrogens is 352 g/mol. The van der Waals surface area contributed by atoms with Crippen LogP contribution in [-0.2, 0) is 7.05 Å². The number of hydrogen-bond acceptors (Lipinski definition) is 7. The maximum absolute atomic E-state index is 9.51. The molecule has 1 aliphatic rings. The standard InChI is InChI=1S/C20H24N8/c1-11-15(9-21)19(27-20(22)25-11)24-12(2)18-14(13-4-6-23-10-13)8-17-16(26-18)5-7-28(17)3/h5,7-8,12-13,23H,4,6,10H2,1-3H3,(H3,22,24,25,27)/t12-,13-/m0/s1. The number of nitrogens with zero attached hydrogens (tertiary/aromatic N) is 5. The van der Waals surface area contributed by atoms with Crippen LogP contribution in [0.2, 0.25) is 0 Å². The predicted octanol–water partition coefficient (Wildman–Crippen LogP) is 2.38. The quantitative estimate of drug-likeness (QED) is 0.640. The lowest BCUT2D eigenvalue weighted by Crippen LogP contribution is -2.17. The molecule has 1 saturated heterocycles. The van der Waals surface area contributed by atoms with E-state index in [-0.39, 0.29) is 12.0 Å². The Balaban J connectivity index is 1.78. The molecular formula is C20H24N8. The van der Waals surface area contributed by atoms with E-state index in [2.05, 4.69) is 37.3 Å². The molecule has 0 bridgehead atoms. The first kappa shape index (κ1) is 18.2. The molecule has 8 nitrogen and oxygen atoms in total. The van der Waals surface area contributed by atoms with Gasteiger partial charge >= 0.3 is 0 Å². The van der Waals surface area contributed by atoms with Crippen LogP contribution in [0.1, 0.15) is 47.8 Å². The van der Waals surface area contributed by atoms with Gasteiger partial charge in [0, 0.05) is 19.8 Å². The van der Waals surface area contributed by atoms with E-state index in [0.29, 0.717) is 23.0 Å². The van der Waals surface area contributed by atoms with Crippen LogP contribution >= 0.6 is 0 Å². The number of pyridine rings is 1.